The standard InChI is InChI=1S/C95H104N4O11/c1-52(73-31-33-75-70-29-18-57-46-63(100)41-43-92(57,3)77(70)50-83(101)94(73,75)5)11-39-85(103)108-64-24-13-54(14-25-64)87-79-35-20-59(96-79)48-61-22-37-81(98-61)88(82-38-23-62(99-82)49-60-21-36-80(87)97-60)55-15-26-65(27-16-55)109-86(104)40-12-53(2)74-32-34-76-71-30-19-58-47-66(42-44-93(58,4)78(71)51-84(102)95(74,76)6)110-91(107)56-17-28-69-72(45-56)90(106)68-10-8-7-9-67(68)89(69)105/h7-10,13-17,20-28,35-38,45,48-49,52-53,57-58,63,66,70-71,73-78,83-84,96,99-102H,11-12,18-19,29-34,39-44,46-47,50-51H2,1-6H3/t52-,53-,57-,58-,63-,66-,70+,71+,73-,74-,75+,76+,77+,78+,83+,84+,92+,93+,94-,95-/m1/s1. The number of hydrogen-bond acceptors (Lipinski definition) is 13. The summed E-state index contributed by atoms with van der Waals surface area (Å²) in [4.78, 5) is 85.7. The number of carbonyl (C=O) groups excluding carboxylic acids is 5. The summed E-state index contributed by atoms with van der Waals surface area (Å²) in [5.41, 5.74) is 11.5. The van der Waals surface area contributed by atoms with Crippen LogP contribution in [0.2, 0.25) is 0 Å². The van der Waals surface area contributed by atoms with E-state index in [0.717, 1.165) is 157 Å². The van der Waals surface area contributed by atoms with Gasteiger partial charge in [-0.2, -0.15) is 0 Å². The van der Waals surface area contributed by atoms with Gasteiger partial charge in [0.25, 0.3) is 0 Å². The number of carbonyl (C=O) groups is 5. The van der Waals surface area contributed by atoms with E-state index in [1.165, 1.54) is 18.9 Å². The first-order valence-corrected chi connectivity index (χ1v) is 41.3. The van der Waals surface area contributed by atoms with E-state index in [1.807, 2.05) is 97.1 Å². The van der Waals surface area contributed by atoms with Crippen LogP contribution < -0.4 is 9.47 Å². The Kier molecular flexibility index (Phi) is 18.5. The van der Waals surface area contributed by atoms with Crippen molar-refractivity contribution in [2.45, 2.75) is 194 Å². The van der Waals surface area contributed by atoms with Gasteiger partial charge in [0, 0.05) is 68.3 Å². The van der Waals surface area contributed by atoms with Crippen LogP contribution in [0.4, 0.5) is 0 Å². The van der Waals surface area contributed by atoms with E-state index >= 15 is 0 Å². The van der Waals surface area contributed by atoms with Crippen molar-refractivity contribution in [1.82, 2.24) is 19.9 Å². The Bertz CT molecular complexity index is 5090. The van der Waals surface area contributed by atoms with Gasteiger partial charge in [0.15, 0.2) is 11.6 Å². The van der Waals surface area contributed by atoms with Crippen LogP contribution in [0.15, 0.2) is 127 Å². The average Bonchev–Trinajstić information content (AvgIpc) is 1.48. The number of benzene rings is 4. The van der Waals surface area contributed by atoms with Gasteiger partial charge in [0.2, 0.25) is 0 Å². The Labute approximate surface area is 644 Å². The predicted molar refractivity (Wildman–Crippen MR) is 426 cm³/mol. The van der Waals surface area contributed by atoms with Gasteiger partial charge in [-0.25, -0.2) is 14.8 Å². The van der Waals surface area contributed by atoms with Crippen LogP contribution in [-0.2, 0) is 14.3 Å². The second-order valence-corrected chi connectivity index (χ2v) is 36.3. The predicted octanol–water partition coefficient (Wildman–Crippen LogP) is 19.3. The molecule has 7 aromatic rings. The molecule has 11 aliphatic rings. The van der Waals surface area contributed by atoms with E-state index in [2.05, 4.69) is 63.6 Å². The Balaban J connectivity index is 0.499. The fourth-order valence-electron chi connectivity index (χ4n) is 25.4. The number of nitrogens with zero attached hydrogens (tertiary/aromatic N) is 2. The van der Waals surface area contributed by atoms with Crippen molar-refractivity contribution in [3.8, 4) is 33.8 Å². The molecule has 18 rings (SSSR count). The lowest BCUT2D eigenvalue weighted by Gasteiger charge is -2.62. The van der Waals surface area contributed by atoms with Crippen LogP contribution in [0.5, 0.6) is 11.5 Å². The van der Waals surface area contributed by atoms with Crippen molar-refractivity contribution in [3.63, 3.8) is 0 Å². The number of ketones is 2. The number of ether oxygens (including phenoxy) is 3. The molecule has 9 aliphatic carbocycles. The molecule has 0 saturated heterocycles. The van der Waals surface area contributed by atoms with Crippen LogP contribution in [0.25, 0.3) is 68.6 Å². The first-order chi connectivity index (χ1) is 53.0. The average molecular weight is 1480 g/mol. The van der Waals surface area contributed by atoms with Gasteiger partial charge in [-0.05, 0) is 323 Å². The van der Waals surface area contributed by atoms with E-state index in [1.54, 1.807) is 36.4 Å². The highest BCUT2D eigenvalue weighted by atomic mass is 16.5. The van der Waals surface area contributed by atoms with Crippen molar-refractivity contribution in [1.29, 1.82) is 0 Å². The number of H-pyrrole nitrogens is 2. The van der Waals surface area contributed by atoms with E-state index in [9.17, 15) is 39.3 Å². The molecular formula is C95H104N4O11. The summed E-state index contributed by atoms with van der Waals surface area (Å²) in [5, 5.41) is 35.2. The molecule has 8 saturated carbocycles. The molecule has 8 bridgehead atoms. The third-order valence-corrected chi connectivity index (χ3v) is 31.2. The molecule has 0 amide bonds. The highest BCUT2D eigenvalue weighted by Crippen LogP contribution is 2.71. The topological polar surface area (TPSA) is 231 Å². The number of rotatable bonds is 14. The number of esters is 3. The first kappa shape index (κ1) is 72.6. The summed E-state index contributed by atoms with van der Waals surface area (Å²) in [6, 6.07) is 39.2. The zero-order valence-corrected chi connectivity index (χ0v) is 64.3. The molecule has 0 spiro atoms. The van der Waals surface area contributed by atoms with Crippen molar-refractivity contribution in [2.24, 2.45) is 92.7 Å². The minimum absolute atomic E-state index is 0.00627. The molecule has 5 N–H and O–H groups in total. The van der Waals surface area contributed by atoms with Crippen molar-refractivity contribution < 1.29 is 53.5 Å². The number of fused-ring (bicyclic) bond motifs is 20. The van der Waals surface area contributed by atoms with Crippen molar-refractivity contribution in [2.75, 3.05) is 0 Å². The highest BCUT2D eigenvalue weighted by molar-refractivity contribution is 6.28. The van der Waals surface area contributed by atoms with Gasteiger partial charge in [-0.15, -0.1) is 0 Å². The molecule has 570 valence electrons. The lowest BCUT2D eigenvalue weighted by molar-refractivity contribution is -0.175. The van der Waals surface area contributed by atoms with E-state index in [-0.39, 0.29) is 98.8 Å². The zero-order chi connectivity index (χ0) is 75.9. The fraction of sp³-hybridized carbons (Fsp3) is 0.484. The molecule has 5 heterocycles. The summed E-state index contributed by atoms with van der Waals surface area (Å²) in [6.45, 7) is 14.2. The Morgan fingerprint density at radius 3 is 1.47 bits per heavy atom. The van der Waals surface area contributed by atoms with Gasteiger partial charge in [0.05, 0.1) is 46.7 Å². The molecule has 4 aromatic carbocycles. The van der Waals surface area contributed by atoms with E-state index < -0.39 is 12.1 Å². The number of hydrogen-bond donors (Lipinski definition) is 5. The maximum atomic E-state index is 13.8. The van der Waals surface area contributed by atoms with E-state index in [4.69, 9.17) is 24.2 Å². The normalized spacial score (nSPS) is 32.8. The number of aromatic amines is 2. The fourth-order valence-corrected chi connectivity index (χ4v) is 25.4. The van der Waals surface area contributed by atoms with Gasteiger partial charge in [0.1, 0.15) is 17.6 Å². The number of aliphatic hydroxyl groups excluding tert-OH is 3. The van der Waals surface area contributed by atoms with Crippen LogP contribution >= 0.6 is 0 Å². The summed E-state index contributed by atoms with van der Waals surface area (Å²) in [7, 11) is 0. The summed E-state index contributed by atoms with van der Waals surface area (Å²) >= 11 is 0. The largest absolute Gasteiger partial charge is 0.459 e. The Hall–Kier alpha value is -8.89. The second kappa shape index (κ2) is 28.1. The molecule has 3 aromatic heterocycles. The number of nitrogens with one attached hydrogen (secondary N) is 2. The quantitative estimate of drug-likeness (QED) is 0.0504. The van der Waals surface area contributed by atoms with Crippen LogP contribution in [-0.4, -0.2) is 89.1 Å². The Morgan fingerprint density at radius 1 is 0.491 bits per heavy atom. The monoisotopic (exact) mass is 1480 g/mol. The Morgan fingerprint density at radius 2 is 0.964 bits per heavy atom. The minimum atomic E-state index is -0.472. The molecule has 110 heavy (non-hydrogen) atoms. The van der Waals surface area contributed by atoms with Crippen LogP contribution in [0.3, 0.4) is 0 Å². The highest BCUT2D eigenvalue weighted by Gasteiger charge is 2.66. The van der Waals surface area contributed by atoms with Crippen molar-refractivity contribution >= 4 is 75.8 Å². The molecule has 15 nitrogen and oxygen atoms in total. The van der Waals surface area contributed by atoms with Crippen molar-refractivity contribution in [3.05, 3.63) is 178 Å². The molecule has 8 fully saturated rings. The molecule has 0 radical (unpaired) electrons. The van der Waals surface area contributed by atoms with Gasteiger partial charge in [-0.1, -0.05) is 90.1 Å². The first-order valence-electron chi connectivity index (χ1n) is 41.3. The summed E-state index contributed by atoms with van der Waals surface area (Å²) in [5.74, 6) is 4.29. The third-order valence-electron chi connectivity index (χ3n) is 31.2. The lowest BCUT2D eigenvalue weighted by atomic mass is 9.43. The molecule has 15 heteroatoms. The maximum Gasteiger partial charge on any atom is 0.338 e. The molecule has 2 aliphatic heterocycles. The molecular weight excluding hydrogens is 1370 g/mol. The molecule has 0 unspecified atom stereocenters. The maximum absolute atomic E-state index is 13.8. The number of aromatic nitrogens is 4. The third kappa shape index (κ3) is 12.4. The zero-order valence-electron chi connectivity index (χ0n) is 64.3. The van der Waals surface area contributed by atoms with E-state index in [0.29, 0.717) is 101 Å². The smallest absolute Gasteiger partial charge is 0.338 e. The minimum Gasteiger partial charge on any atom is -0.459 e. The van der Waals surface area contributed by atoms with Crippen LogP contribution in [0.1, 0.15) is 235 Å². The SMILES string of the molecule is C[C@H](CCC(=O)Oc1ccc(-c2c3nc(cc4ccc([nH]4)c(-c4ccc(OC(=O)CC[C@@H](C)[C@H]5CC[C@H]6[C@@H]7CC[C@@H]8C[C@H](OC(=O)c9ccc%10c(c9)C(=O)c9ccccc9C%10=O)CC[C@]8(C)[C@H]7C[C@H](O)[C@]56C)cc4)c4nc(cc5ccc2[nH]5)C=C4)C=C3)cc1)[C@H]1CC[C@H]2[C@@H]3CC[C@@H]4C[C@H](O)CC[C@]4(C)[C@H]3C[C@H](O)[C@]12C. The molecule has 20 atom stereocenters. The summed E-state index contributed by atoms with van der Waals surface area (Å²) in [6.07, 6.45) is 24.5. The van der Waals surface area contributed by atoms with Gasteiger partial charge >= 0.3 is 17.9 Å². The lowest BCUT2D eigenvalue weighted by Crippen LogP contribution is -2.59. The second-order valence-electron chi connectivity index (χ2n) is 36.3. The van der Waals surface area contributed by atoms with Gasteiger partial charge in [-0.3, -0.25) is 19.2 Å². The van der Waals surface area contributed by atoms with Crippen LogP contribution in [0, 0.1) is 92.7 Å². The number of aliphatic hydroxyl groups is 3. The van der Waals surface area contributed by atoms with Gasteiger partial charge < -0.3 is 39.5 Å². The summed E-state index contributed by atoms with van der Waals surface area (Å²) < 4.78 is 18.4.